The number of unbranched alkanes of at least 4 members (excludes halogenated alkanes) is 1. The Hall–Kier alpha value is -1.55. The first kappa shape index (κ1) is 17.4. The quantitative estimate of drug-likeness (QED) is 0.456. The van der Waals surface area contributed by atoms with Crippen LogP contribution in [-0.4, -0.2) is 18.7 Å². The summed E-state index contributed by atoms with van der Waals surface area (Å²) in [4.78, 5) is 22.1. The van der Waals surface area contributed by atoms with Gasteiger partial charge in [-0.05, 0) is 31.7 Å². The first-order valence-electron chi connectivity index (χ1n) is 6.13. The molecule has 0 bridgehead atoms. The Morgan fingerprint density at radius 3 is 2.42 bits per heavy atom. The molecule has 1 rings (SSSR count). The number of hydrogen-bond acceptors (Lipinski definition) is 4. The molecule has 0 aliphatic carbocycles. The summed E-state index contributed by atoms with van der Waals surface area (Å²) in [7, 11) is 0. The lowest BCUT2D eigenvalue weighted by atomic mass is 10.1. The van der Waals surface area contributed by atoms with Crippen molar-refractivity contribution in [2.24, 2.45) is 0 Å². The van der Waals surface area contributed by atoms with Gasteiger partial charge >= 0.3 is 12.1 Å². The monoisotopic (exact) mass is 286 g/mol. The van der Waals surface area contributed by atoms with Crippen molar-refractivity contribution >= 4 is 24.5 Å². The summed E-state index contributed by atoms with van der Waals surface area (Å²) in [5.41, 5.74) is 1.25. The van der Waals surface area contributed by atoms with Crippen LogP contribution >= 0.6 is 12.4 Å². The van der Waals surface area contributed by atoms with Crippen LogP contribution in [0.1, 0.15) is 31.7 Å². The van der Waals surface area contributed by atoms with Crippen LogP contribution in [0.15, 0.2) is 30.3 Å². The van der Waals surface area contributed by atoms with Crippen LogP contribution in [0.4, 0.5) is 4.79 Å². The molecule has 0 aliphatic rings. The predicted molar refractivity (Wildman–Crippen MR) is 74.4 cm³/mol. The molecule has 0 N–H and O–H groups in total. The van der Waals surface area contributed by atoms with Gasteiger partial charge in [0.05, 0.1) is 6.61 Å². The SMILES string of the molecule is CCOC(=O)OC(=O)CCCCc1ccccc1.Cl. The summed E-state index contributed by atoms with van der Waals surface area (Å²) in [6, 6.07) is 10.1. The predicted octanol–water partition coefficient (Wildman–Crippen LogP) is 3.52. The highest BCUT2D eigenvalue weighted by molar-refractivity contribution is 5.85. The maximum absolute atomic E-state index is 11.2. The number of benzene rings is 1. The van der Waals surface area contributed by atoms with Gasteiger partial charge in [-0.3, -0.25) is 4.79 Å². The molecular weight excluding hydrogens is 268 g/mol. The maximum atomic E-state index is 11.2. The van der Waals surface area contributed by atoms with E-state index in [0.29, 0.717) is 6.42 Å². The summed E-state index contributed by atoms with van der Waals surface area (Å²) in [5.74, 6) is -0.526. The summed E-state index contributed by atoms with van der Waals surface area (Å²) in [6.45, 7) is 1.87. The summed E-state index contributed by atoms with van der Waals surface area (Å²) in [5, 5.41) is 0. The summed E-state index contributed by atoms with van der Waals surface area (Å²) in [6.07, 6.45) is 1.85. The van der Waals surface area contributed by atoms with E-state index in [-0.39, 0.29) is 25.4 Å². The molecule has 106 valence electrons. The second-order valence-corrected chi connectivity index (χ2v) is 3.85. The van der Waals surface area contributed by atoms with Crippen molar-refractivity contribution in [1.82, 2.24) is 0 Å². The second kappa shape index (κ2) is 10.4. The fraction of sp³-hybridized carbons (Fsp3) is 0.429. The van der Waals surface area contributed by atoms with Crippen LogP contribution in [-0.2, 0) is 20.7 Å². The molecule has 0 saturated heterocycles. The topological polar surface area (TPSA) is 52.6 Å². The molecular formula is C14H19ClO4. The van der Waals surface area contributed by atoms with Gasteiger partial charge in [0.2, 0.25) is 0 Å². The number of hydrogen-bond donors (Lipinski definition) is 0. The third kappa shape index (κ3) is 8.21. The van der Waals surface area contributed by atoms with Crippen LogP contribution in [0, 0.1) is 0 Å². The second-order valence-electron chi connectivity index (χ2n) is 3.85. The van der Waals surface area contributed by atoms with Crippen molar-refractivity contribution in [1.29, 1.82) is 0 Å². The van der Waals surface area contributed by atoms with Gasteiger partial charge in [0.1, 0.15) is 0 Å². The van der Waals surface area contributed by atoms with E-state index in [1.54, 1.807) is 6.92 Å². The Balaban J connectivity index is 0.00000324. The van der Waals surface area contributed by atoms with Gasteiger partial charge in [-0.2, -0.15) is 0 Å². The highest BCUT2D eigenvalue weighted by Crippen LogP contribution is 2.07. The average Bonchev–Trinajstić information content (AvgIpc) is 2.36. The Bertz CT molecular complexity index is 378. The van der Waals surface area contributed by atoms with Crippen LogP contribution in [0.5, 0.6) is 0 Å². The van der Waals surface area contributed by atoms with Gasteiger partial charge in [0.25, 0.3) is 0 Å². The molecule has 0 heterocycles. The fourth-order valence-electron chi connectivity index (χ4n) is 1.53. The third-order valence-electron chi connectivity index (χ3n) is 2.40. The van der Waals surface area contributed by atoms with Crippen molar-refractivity contribution in [3.63, 3.8) is 0 Å². The zero-order valence-electron chi connectivity index (χ0n) is 11.0. The molecule has 0 amide bonds. The van der Waals surface area contributed by atoms with E-state index in [1.807, 2.05) is 18.2 Å². The van der Waals surface area contributed by atoms with Crippen molar-refractivity contribution in [3.05, 3.63) is 35.9 Å². The van der Waals surface area contributed by atoms with E-state index >= 15 is 0 Å². The number of esters is 1. The smallest absolute Gasteiger partial charge is 0.434 e. The number of rotatable bonds is 6. The lowest BCUT2D eigenvalue weighted by molar-refractivity contribution is -0.139. The molecule has 19 heavy (non-hydrogen) atoms. The first-order valence-corrected chi connectivity index (χ1v) is 6.13. The number of aryl methyl sites for hydroxylation is 1. The highest BCUT2D eigenvalue weighted by atomic mass is 35.5. The maximum Gasteiger partial charge on any atom is 0.516 e. The summed E-state index contributed by atoms with van der Waals surface area (Å²) < 4.78 is 8.95. The largest absolute Gasteiger partial charge is 0.516 e. The first-order chi connectivity index (χ1) is 8.72. The van der Waals surface area contributed by atoms with E-state index < -0.39 is 12.1 Å². The zero-order chi connectivity index (χ0) is 13.2. The van der Waals surface area contributed by atoms with E-state index in [9.17, 15) is 9.59 Å². The molecule has 1 aromatic carbocycles. The fourth-order valence-corrected chi connectivity index (χ4v) is 1.53. The normalized spacial score (nSPS) is 9.32. The van der Waals surface area contributed by atoms with Crippen molar-refractivity contribution in [3.8, 4) is 0 Å². The van der Waals surface area contributed by atoms with Crippen molar-refractivity contribution in [2.75, 3.05) is 6.61 Å². The lowest BCUT2D eigenvalue weighted by Crippen LogP contribution is -2.13. The zero-order valence-corrected chi connectivity index (χ0v) is 11.8. The molecule has 0 fully saturated rings. The average molecular weight is 287 g/mol. The van der Waals surface area contributed by atoms with Crippen LogP contribution in [0.3, 0.4) is 0 Å². The number of ether oxygens (including phenoxy) is 2. The number of carbonyl (C=O) groups excluding carboxylic acids is 2. The van der Waals surface area contributed by atoms with Gasteiger partial charge in [-0.25, -0.2) is 4.79 Å². The van der Waals surface area contributed by atoms with E-state index in [0.717, 1.165) is 12.8 Å². The van der Waals surface area contributed by atoms with Crippen molar-refractivity contribution < 1.29 is 19.1 Å². The number of halogens is 1. The Morgan fingerprint density at radius 1 is 1.11 bits per heavy atom. The minimum Gasteiger partial charge on any atom is -0.434 e. The van der Waals surface area contributed by atoms with Gasteiger partial charge in [0.15, 0.2) is 0 Å². The van der Waals surface area contributed by atoms with Gasteiger partial charge < -0.3 is 9.47 Å². The standard InChI is InChI=1S/C14H18O4.ClH/c1-2-17-14(16)18-13(15)11-7-6-10-12-8-4-3-5-9-12;/h3-5,8-9H,2,6-7,10-11H2,1H3;1H. The van der Waals surface area contributed by atoms with Crippen molar-refractivity contribution in [2.45, 2.75) is 32.6 Å². The van der Waals surface area contributed by atoms with Gasteiger partial charge in [0, 0.05) is 6.42 Å². The van der Waals surface area contributed by atoms with Gasteiger partial charge in [-0.1, -0.05) is 30.3 Å². The minimum absolute atomic E-state index is 0. The molecule has 5 heteroatoms. The van der Waals surface area contributed by atoms with E-state index in [1.165, 1.54) is 5.56 Å². The van der Waals surface area contributed by atoms with Crippen LogP contribution in [0.2, 0.25) is 0 Å². The molecule has 0 radical (unpaired) electrons. The Labute approximate surface area is 119 Å². The van der Waals surface area contributed by atoms with E-state index in [4.69, 9.17) is 0 Å². The van der Waals surface area contributed by atoms with Crippen LogP contribution in [0.25, 0.3) is 0 Å². The molecule has 4 nitrogen and oxygen atoms in total. The molecule has 1 aromatic rings. The molecule has 0 atom stereocenters. The molecule has 0 spiro atoms. The van der Waals surface area contributed by atoms with Crippen LogP contribution < -0.4 is 0 Å². The lowest BCUT2D eigenvalue weighted by Gasteiger charge is -2.03. The third-order valence-corrected chi connectivity index (χ3v) is 2.40. The molecule has 0 aliphatic heterocycles. The highest BCUT2D eigenvalue weighted by Gasteiger charge is 2.10. The van der Waals surface area contributed by atoms with Gasteiger partial charge in [-0.15, -0.1) is 12.4 Å². The Kier molecular flexibility index (Phi) is 9.53. The van der Waals surface area contributed by atoms with E-state index in [2.05, 4.69) is 21.6 Å². The number of carbonyl (C=O) groups is 2. The molecule has 0 aromatic heterocycles. The summed E-state index contributed by atoms with van der Waals surface area (Å²) >= 11 is 0. The minimum atomic E-state index is -0.912. The molecule has 0 unspecified atom stereocenters. The Morgan fingerprint density at radius 2 is 1.79 bits per heavy atom. The molecule has 0 saturated carbocycles.